The molecule has 4 nitrogen and oxygen atoms in total. The third kappa shape index (κ3) is 2.92. The predicted octanol–water partition coefficient (Wildman–Crippen LogP) is 3.70. The highest BCUT2D eigenvalue weighted by Crippen LogP contribution is 2.38. The van der Waals surface area contributed by atoms with Gasteiger partial charge in [-0.15, -0.1) is 0 Å². The van der Waals surface area contributed by atoms with Crippen molar-refractivity contribution in [3.63, 3.8) is 0 Å². The van der Waals surface area contributed by atoms with Gasteiger partial charge in [0.2, 0.25) is 0 Å². The molecule has 1 unspecified atom stereocenters. The quantitative estimate of drug-likeness (QED) is 0.795. The number of hydrogen-bond acceptors (Lipinski definition) is 3. The lowest BCUT2D eigenvalue weighted by Crippen LogP contribution is -2.38. The fourth-order valence-electron chi connectivity index (χ4n) is 3.67. The number of rotatable bonds is 1. The summed E-state index contributed by atoms with van der Waals surface area (Å²) in [6, 6.07) is 0. The summed E-state index contributed by atoms with van der Waals surface area (Å²) < 4.78 is 5.48. The van der Waals surface area contributed by atoms with Crippen molar-refractivity contribution in [2.75, 3.05) is 13.1 Å². The molecule has 1 aromatic rings. The van der Waals surface area contributed by atoms with Crippen LogP contribution in [0.1, 0.15) is 68.8 Å². The zero-order valence-electron chi connectivity index (χ0n) is 14.3. The summed E-state index contributed by atoms with van der Waals surface area (Å²) in [5.74, 6) is 2.33. The van der Waals surface area contributed by atoms with E-state index in [1.165, 1.54) is 0 Å². The Labute approximate surface area is 133 Å². The van der Waals surface area contributed by atoms with Crippen LogP contribution >= 0.6 is 0 Å². The second-order valence-electron chi connectivity index (χ2n) is 8.21. The number of carbonyl (C=O) groups is 1. The van der Waals surface area contributed by atoms with E-state index in [0.717, 1.165) is 62.4 Å². The number of fused-ring (bicyclic) bond motifs is 1. The van der Waals surface area contributed by atoms with E-state index in [1.807, 2.05) is 4.90 Å². The number of hydrogen-bond donors (Lipinski definition) is 0. The first-order valence-electron chi connectivity index (χ1n) is 8.63. The van der Waals surface area contributed by atoms with Crippen molar-refractivity contribution in [2.45, 2.75) is 59.8 Å². The molecule has 3 rings (SSSR count). The van der Waals surface area contributed by atoms with Gasteiger partial charge < -0.3 is 9.42 Å². The van der Waals surface area contributed by atoms with Crippen molar-refractivity contribution >= 4 is 5.91 Å². The number of piperidine rings is 1. The normalized spacial score (nSPS) is 23.5. The number of carbonyl (C=O) groups excluding carboxylic acids is 1. The van der Waals surface area contributed by atoms with Gasteiger partial charge in [-0.1, -0.05) is 32.9 Å². The van der Waals surface area contributed by atoms with E-state index < -0.39 is 0 Å². The minimum Gasteiger partial charge on any atom is -0.360 e. The van der Waals surface area contributed by atoms with Crippen molar-refractivity contribution in [1.82, 2.24) is 10.1 Å². The fraction of sp³-hybridized carbons (Fsp3) is 0.778. The topological polar surface area (TPSA) is 46.3 Å². The van der Waals surface area contributed by atoms with Crippen molar-refractivity contribution in [1.29, 1.82) is 0 Å². The van der Waals surface area contributed by atoms with Crippen LogP contribution in [0.15, 0.2) is 4.52 Å². The van der Waals surface area contributed by atoms with Crippen LogP contribution in [-0.4, -0.2) is 29.1 Å². The van der Waals surface area contributed by atoms with E-state index >= 15 is 0 Å². The first kappa shape index (κ1) is 15.6. The van der Waals surface area contributed by atoms with Gasteiger partial charge in [0.25, 0.3) is 5.91 Å². The van der Waals surface area contributed by atoms with Crippen molar-refractivity contribution in [3.05, 3.63) is 17.0 Å². The molecule has 1 fully saturated rings. The minimum absolute atomic E-state index is 0.0754. The van der Waals surface area contributed by atoms with Crippen LogP contribution in [0.2, 0.25) is 0 Å². The van der Waals surface area contributed by atoms with Crippen LogP contribution in [0.5, 0.6) is 0 Å². The molecule has 22 heavy (non-hydrogen) atoms. The van der Waals surface area contributed by atoms with Gasteiger partial charge in [-0.05, 0) is 42.9 Å². The maximum absolute atomic E-state index is 12.8. The van der Waals surface area contributed by atoms with E-state index in [0.29, 0.717) is 11.6 Å². The summed E-state index contributed by atoms with van der Waals surface area (Å²) in [7, 11) is 0. The van der Waals surface area contributed by atoms with Gasteiger partial charge in [-0.3, -0.25) is 4.79 Å². The van der Waals surface area contributed by atoms with E-state index in [4.69, 9.17) is 4.52 Å². The Hall–Kier alpha value is -1.32. The summed E-state index contributed by atoms with van der Waals surface area (Å²) in [5, 5.41) is 4.14. The molecule has 2 heterocycles. The standard InChI is InChI=1S/C18H28N2O2/c1-12-7-9-20(10-8-12)17(21)16-14-11-13(18(2,3)4)5-6-15(14)22-19-16/h12-13H,5-11H2,1-4H3. The highest BCUT2D eigenvalue weighted by Gasteiger charge is 2.35. The molecule has 4 heteroatoms. The zero-order chi connectivity index (χ0) is 15.9. The van der Waals surface area contributed by atoms with Crippen LogP contribution in [0, 0.1) is 17.3 Å². The molecule has 1 aliphatic heterocycles. The third-order valence-electron chi connectivity index (χ3n) is 5.54. The van der Waals surface area contributed by atoms with Gasteiger partial charge in [0, 0.05) is 25.1 Å². The van der Waals surface area contributed by atoms with E-state index in [2.05, 4.69) is 32.9 Å². The molecule has 0 radical (unpaired) electrons. The summed E-state index contributed by atoms with van der Waals surface area (Å²) in [6.07, 6.45) is 5.15. The van der Waals surface area contributed by atoms with Gasteiger partial charge in [-0.2, -0.15) is 0 Å². The third-order valence-corrected chi connectivity index (χ3v) is 5.54. The second kappa shape index (κ2) is 5.71. The highest BCUT2D eigenvalue weighted by molar-refractivity contribution is 5.94. The molecule has 0 bridgehead atoms. The Morgan fingerprint density at radius 3 is 2.55 bits per heavy atom. The lowest BCUT2D eigenvalue weighted by molar-refractivity contribution is 0.0685. The molecule has 0 saturated carbocycles. The first-order valence-corrected chi connectivity index (χ1v) is 8.63. The molecular formula is C18H28N2O2. The monoisotopic (exact) mass is 304 g/mol. The molecule has 1 amide bonds. The number of aryl methyl sites for hydroxylation is 1. The number of likely N-dealkylation sites (tertiary alicyclic amines) is 1. The maximum atomic E-state index is 12.8. The Kier molecular flexibility index (Phi) is 4.04. The number of amides is 1. The minimum atomic E-state index is 0.0754. The predicted molar refractivity (Wildman–Crippen MR) is 85.8 cm³/mol. The van der Waals surface area contributed by atoms with Crippen LogP contribution in [0.4, 0.5) is 0 Å². The summed E-state index contributed by atoms with van der Waals surface area (Å²) >= 11 is 0. The molecule has 2 aliphatic rings. The summed E-state index contributed by atoms with van der Waals surface area (Å²) in [5.41, 5.74) is 1.92. The maximum Gasteiger partial charge on any atom is 0.276 e. The Bertz CT molecular complexity index is 548. The van der Waals surface area contributed by atoms with Gasteiger partial charge >= 0.3 is 0 Å². The molecule has 122 valence electrons. The van der Waals surface area contributed by atoms with E-state index in [1.54, 1.807) is 0 Å². The molecule has 0 spiro atoms. The molecular weight excluding hydrogens is 276 g/mol. The molecule has 1 saturated heterocycles. The summed E-state index contributed by atoms with van der Waals surface area (Å²) in [6.45, 7) is 10.8. The smallest absolute Gasteiger partial charge is 0.276 e. The van der Waals surface area contributed by atoms with Crippen molar-refractivity contribution in [2.24, 2.45) is 17.3 Å². The SMILES string of the molecule is CC1CCN(C(=O)c2noc3c2CC(C(C)(C)C)CC3)CC1. The average Bonchev–Trinajstić information content (AvgIpc) is 2.89. The van der Waals surface area contributed by atoms with Crippen molar-refractivity contribution in [3.8, 4) is 0 Å². The Balaban J connectivity index is 1.79. The zero-order valence-corrected chi connectivity index (χ0v) is 14.3. The molecule has 0 N–H and O–H groups in total. The van der Waals surface area contributed by atoms with Gasteiger partial charge in [0.1, 0.15) is 5.76 Å². The van der Waals surface area contributed by atoms with Crippen LogP contribution in [0.25, 0.3) is 0 Å². The van der Waals surface area contributed by atoms with Crippen LogP contribution < -0.4 is 0 Å². The molecule has 1 aliphatic carbocycles. The number of aromatic nitrogens is 1. The largest absolute Gasteiger partial charge is 0.360 e. The van der Waals surface area contributed by atoms with Crippen LogP contribution in [-0.2, 0) is 12.8 Å². The van der Waals surface area contributed by atoms with Gasteiger partial charge in [-0.25, -0.2) is 0 Å². The Morgan fingerprint density at radius 2 is 1.91 bits per heavy atom. The average molecular weight is 304 g/mol. The number of nitrogens with zero attached hydrogens (tertiary/aromatic N) is 2. The fourth-order valence-corrected chi connectivity index (χ4v) is 3.67. The highest BCUT2D eigenvalue weighted by atomic mass is 16.5. The van der Waals surface area contributed by atoms with Crippen molar-refractivity contribution < 1.29 is 9.32 Å². The van der Waals surface area contributed by atoms with Gasteiger partial charge in [0.05, 0.1) is 0 Å². The Morgan fingerprint density at radius 1 is 1.23 bits per heavy atom. The first-order chi connectivity index (χ1) is 10.4. The lowest BCUT2D eigenvalue weighted by atomic mass is 9.71. The summed E-state index contributed by atoms with van der Waals surface area (Å²) in [4.78, 5) is 14.8. The lowest BCUT2D eigenvalue weighted by Gasteiger charge is -2.34. The van der Waals surface area contributed by atoms with Gasteiger partial charge in [0.15, 0.2) is 5.69 Å². The molecule has 1 atom stereocenters. The second-order valence-corrected chi connectivity index (χ2v) is 8.21. The van der Waals surface area contributed by atoms with Crippen LogP contribution in [0.3, 0.4) is 0 Å². The molecule has 1 aromatic heterocycles. The molecule has 0 aromatic carbocycles. The van der Waals surface area contributed by atoms with E-state index in [-0.39, 0.29) is 11.3 Å². The van der Waals surface area contributed by atoms with E-state index in [9.17, 15) is 4.79 Å².